The van der Waals surface area contributed by atoms with Gasteiger partial charge in [0.05, 0.1) is 29.1 Å². The van der Waals surface area contributed by atoms with E-state index in [2.05, 4.69) is 31.3 Å². The zero-order valence-corrected chi connectivity index (χ0v) is 21.7. The van der Waals surface area contributed by atoms with Crippen LogP contribution in [0.5, 0.6) is 0 Å². The van der Waals surface area contributed by atoms with Crippen molar-refractivity contribution >= 4 is 34.2 Å². The SMILES string of the molecule is COC(=O)NCC(C)(C)Nc1nc(N2C[C@H]3CC(c4ncc5c(n4)CC5)=C[C@H]3C2)nc2c1[S@@](=O)CC2. The van der Waals surface area contributed by atoms with Crippen LogP contribution < -0.4 is 15.5 Å². The summed E-state index contributed by atoms with van der Waals surface area (Å²) in [7, 11) is 0.198. The summed E-state index contributed by atoms with van der Waals surface area (Å²) in [4.78, 5) is 33.6. The number of nitrogens with zero attached hydrogens (tertiary/aromatic N) is 5. The van der Waals surface area contributed by atoms with Gasteiger partial charge < -0.3 is 20.3 Å². The molecule has 0 radical (unpaired) electrons. The van der Waals surface area contributed by atoms with Gasteiger partial charge in [0, 0.05) is 43.7 Å². The Hall–Kier alpha value is -3.08. The molecule has 2 aliphatic heterocycles. The Kier molecular flexibility index (Phi) is 5.70. The molecule has 0 saturated carbocycles. The zero-order chi connectivity index (χ0) is 25.0. The molecule has 10 nitrogen and oxygen atoms in total. The van der Waals surface area contributed by atoms with E-state index < -0.39 is 22.4 Å². The lowest BCUT2D eigenvalue weighted by molar-refractivity contribution is 0.169. The van der Waals surface area contributed by atoms with Crippen molar-refractivity contribution in [2.24, 2.45) is 11.8 Å². The molecule has 1 saturated heterocycles. The van der Waals surface area contributed by atoms with Gasteiger partial charge >= 0.3 is 6.09 Å². The van der Waals surface area contributed by atoms with Crippen LogP contribution in [0.25, 0.3) is 5.57 Å². The highest BCUT2D eigenvalue weighted by Gasteiger charge is 2.39. The van der Waals surface area contributed by atoms with Crippen LogP contribution in [0.15, 0.2) is 17.2 Å². The summed E-state index contributed by atoms with van der Waals surface area (Å²) >= 11 is 0. The van der Waals surface area contributed by atoms with Crippen molar-refractivity contribution in [1.29, 1.82) is 0 Å². The molecular weight excluding hydrogens is 478 g/mol. The molecule has 0 bridgehead atoms. The second-order valence-corrected chi connectivity index (χ2v) is 12.2. The smallest absolute Gasteiger partial charge is 0.406 e. The van der Waals surface area contributed by atoms with Gasteiger partial charge in [-0.05, 0) is 56.1 Å². The number of methoxy groups -OCH3 is 1. The normalized spacial score (nSPS) is 23.9. The first-order chi connectivity index (χ1) is 17.3. The molecule has 36 heavy (non-hydrogen) atoms. The van der Waals surface area contributed by atoms with E-state index >= 15 is 0 Å². The van der Waals surface area contributed by atoms with Gasteiger partial charge in [-0.3, -0.25) is 4.21 Å². The summed E-state index contributed by atoms with van der Waals surface area (Å²) in [5, 5.41) is 6.14. The van der Waals surface area contributed by atoms with E-state index in [4.69, 9.17) is 15.0 Å². The van der Waals surface area contributed by atoms with Gasteiger partial charge in [0.25, 0.3) is 0 Å². The standard InChI is InChI=1S/C25H31N7O3S/c1-25(2,13-27-24(33)35-3)31-22-20-19(6-7-36(20)34)29-23(30-22)32-11-16-8-15(9-17(16)12-32)21-26-10-14-4-5-18(14)28-21/h8,10,16-17H,4-7,9,11-13H2,1-3H3,(H,27,33)(H,29,30,31)/t16-,17+,36-/m0/s1. The Labute approximate surface area is 212 Å². The van der Waals surface area contributed by atoms with Crippen LogP contribution in [0, 0.1) is 11.8 Å². The van der Waals surface area contributed by atoms with Crippen LogP contribution in [-0.4, -0.2) is 68.3 Å². The fourth-order valence-electron chi connectivity index (χ4n) is 5.48. The number of aryl methyl sites for hydroxylation is 3. The molecule has 4 aliphatic rings. The fraction of sp³-hybridized carbons (Fsp3) is 0.560. The maximum Gasteiger partial charge on any atom is 0.406 e. The van der Waals surface area contributed by atoms with E-state index in [0.717, 1.165) is 43.9 Å². The largest absolute Gasteiger partial charge is 0.453 e. The average Bonchev–Trinajstić information content (AvgIpc) is 3.51. The highest BCUT2D eigenvalue weighted by molar-refractivity contribution is 7.85. The van der Waals surface area contributed by atoms with E-state index in [1.54, 1.807) is 0 Å². The monoisotopic (exact) mass is 509 g/mol. The molecule has 3 atom stereocenters. The first kappa shape index (κ1) is 23.3. The molecule has 2 aromatic rings. The van der Waals surface area contributed by atoms with E-state index in [1.807, 2.05) is 20.0 Å². The topological polar surface area (TPSA) is 122 Å². The van der Waals surface area contributed by atoms with Gasteiger partial charge in [0.1, 0.15) is 10.7 Å². The summed E-state index contributed by atoms with van der Waals surface area (Å²) in [6.07, 6.45) is 7.63. The van der Waals surface area contributed by atoms with Crippen molar-refractivity contribution < 1.29 is 13.7 Å². The number of ether oxygens (including phenoxy) is 1. The van der Waals surface area contributed by atoms with Crippen molar-refractivity contribution in [2.45, 2.75) is 50.0 Å². The highest BCUT2D eigenvalue weighted by atomic mass is 32.2. The summed E-state index contributed by atoms with van der Waals surface area (Å²) in [5.74, 6) is 3.61. The van der Waals surface area contributed by atoms with Gasteiger partial charge in [-0.25, -0.2) is 19.7 Å². The number of fused-ring (bicyclic) bond motifs is 3. The fourth-order valence-corrected chi connectivity index (χ4v) is 6.78. The first-order valence-electron chi connectivity index (χ1n) is 12.5. The van der Waals surface area contributed by atoms with Gasteiger partial charge in [0.15, 0.2) is 5.82 Å². The Morgan fingerprint density at radius 3 is 2.78 bits per heavy atom. The minimum Gasteiger partial charge on any atom is -0.453 e. The third-order valence-corrected chi connectivity index (χ3v) is 9.00. The van der Waals surface area contributed by atoms with Crippen molar-refractivity contribution in [2.75, 3.05) is 42.7 Å². The number of anilines is 2. The molecule has 0 unspecified atom stereocenters. The molecule has 4 heterocycles. The van der Waals surface area contributed by atoms with E-state index in [-0.39, 0.29) is 0 Å². The maximum atomic E-state index is 12.8. The quantitative estimate of drug-likeness (QED) is 0.603. The zero-order valence-electron chi connectivity index (χ0n) is 20.8. The van der Waals surface area contributed by atoms with Gasteiger partial charge in [-0.1, -0.05) is 6.08 Å². The summed E-state index contributed by atoms with van der Waals surface area (Å²) in [6.45, 7) is 5.95. The number of amides is 1. The number of hydrogen-bond donors (Lipinski definition) is 2. The Bertz CT molecular complexity index is 1290. The molecule has 2 N–H and O–H groups in total. The number of nitrogens with one attached hydrogen (secondary N) is 2. The Balaban J connectivity index is 1.21. The number of carbonyl (C=O) groups is 1. The highest BCUT2D eigenvalue weighted by Crippen LogP contribution is 2.42. The lowest BCUT2D eigenvalue weighted by Gasteiger charge is -2.28. The number of allylic oxidation sites excluding steroid dienone is 1. The number of rotatable bonds is 6. The Morgan fingerprint density at radius 2 is 2.06 bits per heavy atom. The molecule has 0 spiro atoms. The minimum absolute atomic E-state index is 0.326. The molecule has 2 aliphatic carbocycles. The van der Waals surface area contributed by atoms with Crippen molar-refractivity contribution in [3.8, 4) is 0 Å². The maximum absolute atomic E-state index is 12.8. The predicted molar refractivity (Wildman–Crippen MR) is 136 cm³/mol. The minimum atomic E-state index is -1.14. The van der Waals surface area contributed by atoms with Crippen LogP contribution in [0.4, 0.5) is 16.6 Å². The van der Waals surface area contributed by atoms with Crippen LogP contribution >= 0.6 is 0 Å². The molecule has 2 aromatic heterocycles. The molecule has 1 amide bonds. The number of aromatic nitrogens is 4. The van der Waals surface area contributed by atoms with Crippen molar-refractivity contribution in [3.63, 3.8) is 0 Å². The van der Waals surface area contributed by atoms with E-state index in [0.29, 0.717) is 47.2 Å². The van der Waals surface area contributed by atoms with Crippen molar-refractivity contribution in [3.05, 3.63) is 35.0 Å². The Morgan fingerprint density at radius 1 is 1.19 bits per heavy atom. The third kappa shape index (κ3) is 4.23. The first-order valence-corrected chi connectivity index (χ1v) is 13.8. The summed E-state index contributed by atoms with van der Waals surface area (Å²) in [5.41, 5.74) is 4.06. The molecule has 0 aromatic carbocycles. The van der Waals surface area contributed by atoms with Gasteiger partial charge in [-0.15, -0.1) is 0 Å². The van der Waals surface area contributed by atoms with Crippen LogP contribution in [-0.2, 0) is 34.8 Å². The lowest BCUT2D eigenvalue weighted by atomic mass is 9.95. The average molecular weight is 510 g/mol. The van der Waals surface area contributed by atoms with Crippen LogP contribution in [0.2, 0.25) is 0 Å². The number of alkyl carbamates (subject to hydrolysis) is 1. The van der Waals surface area contributed by atoms with Crippen LogP contribution in [0.3, 0.4) is 0 Å². The molecule has 6 rings (SSSR count). The molecule has 1 fully saturated rings. The third-order valence-electron chi connectivity index (χ3n) is 7.54. The number of hydrogen-bond acceptors (Lipinski definition) is 9. The second kappa shape index (κ2) is 8.79. The molecular formula is C25H31N7O3S. The van der Waals surface area contributed by atoms with Crippen molar-refractivity contribution in [1.82, 2.24) is 25.3 Å². The van der Waals surface area contributed by atoms with Gasteiger partial charge in [0.2, 0.25) is 5.95 Å². The summed E-state index contributed by atoms with van der Waals surface area (Å²) < 4.78 is 17.5. The second-order valence-electron chi connectivity index (χ2n) is 10.7. The van der Waals surface area contributed by atoms with Gasteiger partial charge in [-0.2, -0.15) is 4.98 Å². The number of carbonyl (C=O) groups excluding carboxylic acids is 1. The summed E-state index contributed by atoms with van der Waals surface area (Å²) in [6, 6.07) is 0. The molecule has 190 valence electrons. The molecule has 11 heteroatoms. The predicted octanol–water partition coefficient (Wildman–Crippen LogP) is 2.12. The van der Waals surface area contributed by atoms with Crippen LogP contribution in [0.1, 0.15) is 43.0 Å². The van der Waals surface area contributed by atoms with E-state index in [9.17, 15) is 9.00 Å². The van der Waals surface area contributed by atoms with E-state index in [1.165, 1.54) is 23.9 Å². The lowest BCUT2D eigenvalue weighted by Crippen LogP contribution is -2.44.